The third-order valence-electron chi connectivity index (χ3n) is 3.63. The highest BCUT2D eigenvalue weighted by atomic mass is 16.3. The minimum absolute atomic E-state index is 0.242. The van der Waals surface area contributed by atoms with Gasteiger partial charge in [0.15, 0.2) is 0 Å². The van der Waals surface area contributed by atoms with Crippen LogP contribution < -0.4 is 5.32 Å². The molecule has 2 unspecified atom stereocenters. The maximum absolute atomic E-state index is 9.62. The first kappa shape index (κ1) is 16.2. The molecule has 0 saturated heterocycles. The first-order chi connectivity index (χ1) is 9.22. The van der Waals surface area contributed by atoms with Crippen molar-refractivity contribution in [3.8, 4) is 0 Å². The van der Waals surface area contributed by atoms with Crippen LogP contribution in [0.5, 0.6) is 0 Å². The summed E-state index contributed by atoms with van der Waals surface area (Å²) >= 11 is 0. The second kappa shape index (κ2) is 9.08. The van der Waals surface area contributed by atoms with Crippen LogP contribution in [0.25, 0.3) is 0 Å². The van der Waals surface area contributed by atoms with Crippen molar-refractivity contribution in [2.45, 2.75) is 39.3 Å². The van der Waals surface area contributed by atoms with E-state index in [4.69, 9.17) is 0 Å². The number of hydrogen-bond donors (Lipinski definition) is 2. The van der Waals surface area contributed by atoms with Gasteiger partial charge in [0, 0.05) is 19.1 Å². The number of likely N-dealkylation sites (N-methyl/N-ethyl adjacent to an activating group) is 1. The number of rotatable bonds is 9. The van der Waals surface area contributed by atoms with E-state index in [0.717, 1.165) is 26.1 Å². The van der Waals surface area contributed by atoms with Gasteiger partial charge < -0.3 is 10.4 Å². The molecule has 2 atom stereocenters. The molecular formula is C16H28N2O. The van der Waals surface area contributed by atoms with E-state index in [0.29, 0.717) is 12.6 Å². The Morgan fingerprint density at radius 2 is 1.68 bits per heavy atom. The van der Waals surface area contributed by atoms with Crippen LogP contribution in [0.15, 0.2) is 30.3 Å². The van der Waals surface area contributed by atoms with Crippen LogP contribution >= 0.6 is 0 Å². The van der Waals surface area contributed by atoms with Gasteiger partial charge in [-0.15, -0.1) is 0 Å². The summed E-state index contributed by atoms with van der Waals surface area (Å²) in [4.78, 5) is 2.45. The van der Waals surface area contributed by atoms with Gasteiger partial charge in [-0.25, -0.2) is 0 Å². The molecule has 19 heavy (non-hydrogen) atoms. The lowest BCUT2D eigenvalue weighted by Crippen LogP contribution is -2.38. The Morgan fingerprint density at radius 1 is 1.05 bits per heavy atom. The summed E-state index contributed by atoms with van der Waals surface area (Å²) < 4.78 is 0. The van der Waals surface area contributed by atoms with Crippen molar-refractivity contribution in [2.75, 3.05) is 26.2 Å². The molecule has 0 aliphatic carbocycles. The zero-order chi connectivity index (χ0) is 14.1. The van der Waals surface area contributed by atoms with E-state index in [1.807, 2.05) is 6.92 Å². The molecule has 1 aromatic rings. The van der Waals surface area contributed by atoms with Gasteiger partial charge in [-0.1, -0.05) is 51.1 Å². The molecule has 0 heterocycles. The van der Waals surface area contributed by atoms with Gasteiger partial charge in [0.1, 0.15) is 0 Å². The smallest absolute Gasteiger partial charge is 0.0662 e. The average molecular weight is 264 g/mol. The molecule has 0 spiro atoms. The first-order valence-corrected chi connectivity index (χ1v) is 7.40. The molecule has 0 fully saturated rings. The van der Waals surface area contributed by atoms with Crippen LogP contribution in [-0.2, 0) is 0 Å². The van der Waals surface area contributed by atoms with Crippen molar-refractivity contribution in [1.82, 2.24) is 10.2 Å². The molecule has 3 nitrogen and oxygen atoms in total. The third-order valence-corrected chi connectivity index (χ3v) is 3.63. The summed E-state index contributed by atoms with van der Waals surface area (Å²) in [6.07, 6.45) is 0.557. The Kier molecular flexibility index (Phi) is 7.72. The van der Waals surface area contributed by atoms with Gasteiger partial charge in [0.05, 0.1) is 6.10 Å². The number of benzene rings is 1. The van der Waals surface area contributed by atoms with Crippen molar-refractivity contribution in [3.05, 3.63) is 35.9 Å². The third kappa shape index (κ3) is 5.31. The topological polar surface area (TPSA) is 35.5 Å². The van der Waals surface area contributed by atoms with E-state index in [1.165, 1.54) is 5.56 Å². The normalized spacial score (nSPS) is 14.6. The molecule has 0 amide bonds. The van der Waals surface area contributed by atoms with E-state index in [2.05, 4.69) is 54.4 Å². The molecule has 3 heteroatoms. The molecule has 1 rings (SSSR count). The van der Waals surface area contributed by atoms with Crippen molar-refractivity contribution < 1.29 is 5.11 Å². The summed E-state index contributed by atoms with van der Waals surface area (Å²) in [5.41, 5.74) is 1.34. The quantitative estimate of drug-likeness (QED) is 0.719. The Balaban J connectivity index is 2.65. The van der Waals surface area contributed by atoms with Crippen LogP contribution in [0.1, 0.15) is 38.8 Å². The summed E-state index contributed by atoms with van der Waals surface area (Å²) in [5, 5.41) is 13.0. The molecule has 0 aliphatic heterocycles. The predicted molar refractivity (Wildman–Crippen MR) is 81.3 cm³/mol. The fraction of sp³-hybridized carbons (Fsp3) is 0.625. The molecule has 108 valence electrons. The van der Waals surface area contributed by atoms with E-state index in [1.54, 1.807) is 0 Å². The van der Waals surface area contributed by atoms with Gasteiger partial charge in [-0.05, 0) is 25.1 Å². The van der Waals surface area contributed by atoms with Gasteiger partial charge in [0.2, 0.25) is 0 Å². The van der Waals surface area contributed by atoms with Crippen molar-refractivity contribution in [2.24, 2.45) is 0 Å². The van der Waals surface area contributed by atoms with Crippen LogP contribution in [0.4, 0.5) is 0 Å². The van der Waals surface area contributed by atoms with E-state index in [-0.39, 0.29) is 6.10 Å². The maximum Gasteiger partial charge on any atom is 0.0662 e. The highest BCUT2D eigenvalue weighted by Crippen LogP contribution is 2.19. The lowest BCUT2D eigenvalue weighted by molar-refractivity contribution is 0.157. The van der Waals surface area contributed by atoms with Crippen LogP contribution in [0.3, 0.4) is 0 Å². The number of nitrogens with one attached hydrogen (secondary N) is 1. The van der Waals surface area contributed by atoms with Gasteiger partial charge >= 0.3 is 0 Å². The lowest BCUT2D eigenvalue weighted by atomic mass is 10.0. The SMILES string of the molecule is CCC(O)CNCC(c1ccccc1)N(CC)CC. The van der Waals surface area contributed by atoms with E-state index < -0.39 is 0 Å². The number of hydrogen-bond acceptors (Lipinski definition) is 3. The Labute approximate surface area is 117 Å². The lowest BCUT2D eigenvalue weighted by Gasteiger charge is -2.30. The molecule has 0 aliphatic rings. The summed E-state index contributed by atoms with van der Waals surface area (Å²) in [5.74, 6) is 0. The highest BCUT2D eigenvalue weighted by molar-refractivity contribution is 5.19. The molecular weight excluding hydrogens is 236 g/mol. The Hall–Kier alpha value is -0.900. The van der Waals surface area contributed by atoms with Gasteiger partial charge in [-0.2, -0.15) is 0 Å². The fourth-order valence-corrected chi connectivity index (χ4v) is 2.33. The Morgan fingerprint density at radius 3 is 2.21 bits per heavy atom. The van der Waals surface area contributed by atoms with Crippen molar-refractivity contribution in [3.63, 3.8) is 0 Å². The zero-order valence-electron chi connectivity index (χ0n) is 12.5. The predicted octanol–water partition coefficient (Wildman–Crippen LogP) is 2.43. The largest absolute Gasteiger partial charge is 0.392 e. The number of aliphatic hydroxyl groups is 1. The molecule has 1 aromatic carbocycles. The van der Waals surface area contributed by atoms with Crippen LogP contribution in [-0.4, -0.2) is 42.3 Å². The van der Waals surface area contributed by atoms with Crippen LogP contribution in [0, 0.1) is 0 Å². The van der Waals surface area contributed by atoms with E-state index in [9.17, 15) is 5.11 Å². The standard InChI is InChI=1S/C16H28N2O/c1-4-15(19)12-17-13-16(18(5-2)6-3)14-10-8-7-9-11-14/h7-11,15-17,19H,4-6,12-13H2,1-3H3. The second-order valence-corrected chi connectivity index (χ2v) is 4.87. The fourth-order valence-electron chi connectivity index (χ4n) is 2.33. The van der Waals surface area contributed by atoms with Crippen LogP contribution in [0.2, 0.25) is 0 Å². The van der Waals surface area contributed by atoms with Gasteiger partial charge in [0.25, 0.3) is 0 Å². The molecule has 0 bridgehead atoms. The number of nitrogens with zero attached hydrogens (tertiary/aromatic N) is 1. The molecule has 0 radical (unpaired) electrons. The highest BCUT2D eigenvalue weighted by Gasteiger charge is 2.17. The minimum Gasteiger partial charge on any atom is -0.392 e. The first-order valence-electron chi connectivity index (χ1n) is 7.40. The van der Waals surface area contributed by atoms with E-state index >= 15 is 0 Å². The molecule has 0 aromatic heterocycles. The Bertz CT molecular complexity index is 325. The minimum atomic E-state index is -0.242. The molecule has 0 saturated carbocycles. The second-order valence-electron chi connectivity index (χ2n) is 4.87. The summed E-state index contributed by atoms with van der Waals surface area (Å²) in [6.45, 7) is 10.0. The maximum atomic E-state index is 9.62. The van der Waals surface area contributed by atoms with Crippen molar-refractivity contribution in [1.29, 1.82) is 0 Å². The zero-order valence-corrected chi connectivity index (χ0v) is 12.5. The van der Waals surface area contributed by atoms with Crippen molar-refractivity contribution >= 4 is 0 Å². The summed E-state index contributed by atoms with van der Waals surface area (Å²) in [7, 11) is 0. The monoisotopic (exact) mass is 264 g/mol. The number of aliphatic hydroxyl groups excluding tert-OH is 1. The van der Waals surface area contributed by atoms with Gasteiger partial charge in [-0.3, -0.25) is 4.90 Å². The average Bonchev–Trinajstić information content (AvgIpc) is 2.47. The summed E-state index contributed by atoms with van der Waals surface area (Å²) in [6, 6.07) is 11.0. The molecule has 2 N–H and O–H groups in total.